The third-order valence-corrected chi connectivity index (χ3v) is 4.24. The maximum atomic E-state index is 12.6. The maximum absolute atomic E-state index is 12.6. The Labute approximate surface area is 136 Å². The average Bonchev–Trinajstić information content (AvgIpc) is 2.45. The Bertz CT molecular complexity index is 612. The van der Waals surface area contributed by atoms with Crippen molar-refractivity contribution in [2.45, 2.75) is 43.4 Å². The second-order valence-corrected chi connectivity index (χ2v) is 7.43. The number of benzene rings is 2. The van der Waals surface area contributed by atoms with Crippen molar-refractivity contribution in [3.05, 3.63) is 65.7 Å². The molecule has 0 aliphatic heterocycles. The zero-order valence-electron chi connectivity index (χ0n) is 13.5. The molecule has 0 heterocycles. The standard InChI is InChI=1S/C19H22O2S/c1-14-10-12-16(13-11-14)22-17(15-8-6-5-7-9-15)18(20)21-19(2,3)4/h5-13,17H,1-4H3. The summed E-state index contributed by atoms with van der Waals surface area (Å²) >= 11 is 1.52. The Kier molecular flexibility index (Phi) is 5.30. The third kappa shape index (κ3) is 4.92. The van der Waals surface area contributed by atoms with Gasteiger partial charge in [-0.15, -0.1) is 11.8 Å². The summed E-state index contributed by atoms with van der Waals surface area (Å²) in [4.78, 5) is 13.6. The highest BCUT2D eigenvalue weighted by Gasteiger charge is 2.27. The minimum atomic E-state index is -0.488. The first kappa shape index (κ1) is 16.6. The molecule has 116 valence electrons. The molecule has 2 aromatic carbocycles. The van der Waals surface area contributed by atoms with E-state index in [0.717, 1.165) is 10.5 Å². The van der Waals surface area contributed by atoms with Crippen molar-refractivity contribution in [2.75, 3.05) is 0 Å². The predicted octanol–water partition coefficient (Wildman–Crippen LogP) is 5.17. The first-order valence-electron chi connectivity index (χ1n) is 7.36. The van der Waals surface area contributed by atoms with Crippen LogP contribution in [0.5, 0.6) is 0 Å². The van der Waals surface area contributed by atoms with Gasteiger partial charge in [0.15, 0.2) is 0 Å². The van der Waals surface area contributed by atoms with Crippen molar-refractivity contribution in [1.82, 2.24) is 0 Å². The van der Waals surface area contributed by atoms with Gasteiger partial charge >= 0.3 is 5.97 Å². The monoisotopic (exact) mass is 314 g/mol. The van der Waals surface area contributed by atoms with Gasteiger partial charge in [0.25, 0.3) is 0 Å². The molecule has 2 aromatic rings. The van der Waals surface area contributed by atoms with E-state index >= 15 is 0 Å². The van der Waals surface area contributed by atoms with Crippen LogP contribution in [0, 0.1) is 6.92 Å². The van der Waals surface area contributed by atoms with Gasteiger partial charge in [-0.05, 0) is 45.4 Å². The van der Waals surface area contributed by atoms with E-state index in [9.17, 15) is 4.79 Å². The van der Waals surface area contributed by atoms with E-state index in [2.05, 4.69) is 19.1 Å². The number of aryl methyl sites for hydroxylation is 1. The first-order chi connectivity index (χ1) is 10.3. The van der Waals surface area contributed by atoms with E-state index in [4.69, 9.17) is 4.74 Å². The fourth-order valence-electron chi connectivity index (χ4n) is 1.99. The molecule has 22 heavy (non-hydrogen) atoms. The Balaban J connectivity index is 2.25. The van der Waals surface area contributed by atoms with E-state index in [0.29, 0.717) is 0 Å². The molecule has 0 spiro atoms. The van der Waals surface area contributed by atoms with Crippen molar-refractivity contribution in [1.29, 1.82) is 0 Å². The summed E-state index contributed by atoms with van der Waals surface area (Å²) in [6.07, 6.45) is 0. The SMILES string of the molecule is Cc1ccc(SC(C(=O)OC(C)(C)C)c2ccccc2)cc1. The number of carbonyl (C=O) groups excluding carboxylic acids is 1. The van der Waals surface area contributed by atoms with Crippen LogP contribution in [-0.2, 0) is 9.53 Å². The van der Waals surface area contributed by atoms with E-state index in [1.807, 2.05) is 63.2 Å². The van der Waals surface area contributed by atoms with Crippen LogP contribution in [0.3, 0.4) is 0 Å². The summed E-state index contributed by atoms with van der Waals surface area (Å²) in [5.74, 6) is -0.204. The van der Waals surface area contributed by atoms with Crippen molar-refractivity contribution in [3.8, 4) is 0 Å². The summed E-state index contributed by atoms with van der Waals surface area (Å²) in [5, 5.41) is -0.358. The number of thioether (sulfide) groups is 1. The van der Waals surface area contributed by atoms with Crippen LogP contribution < -0.4 is 0 Å². The van der Waals surface area contributed by atoms with E-state index in [1.54, 1.807) is 0 Å². The van der Waals surface area contributed by atoms with Crippen LogP contribution in [0.4, 0.5) is 0 Å². The van der Waals surface area contributed by atoms with Gasteiger partial charge < -0.3 is 4.74 Å². The number of rotatable bonds is 4. The molecule has 0 aliphatic carbocycles. The fraction of sp³-hybridized carbons (Fsp3) is 0.316. The van der Waals surface area contributed by atoms with Gasteiger partial charge in [0.1, 0.15) is 10.9 Å². The zero-order valence-corrected chi connectivity index (χ0v) is 14.3. The van der Waals surface area contributed by atoms with Crippen molar-refractivity contribution < 1.29 is 9.53 Å². The number of ether oxygens (including phenoxy) is 1. The van der Waals surface area contributed by atoms with Crippen LogP contribution in [0.2, 0.25) is 0 Å². The lowest BCUT2D eigenvalue weighted by atomic mass is 10.1. The second kappa shape index (κ2) is 7.01. The number of esters is 1. The number of hydrogen-bond acceptors (Lipinski definition) is 3. The zero-order chi connectivity index (χ0) is 16.2. The van der Waals surface area contributed by atoms with Crippen molar-refractivity contribution >= 4 is 17.7 Å². The maximum Gasteiger partial charge on any atom is 0.324 e. The highest BCUT2D eigenvalue weighted by atomic mass is 32.2. The molecule has 2 nitrogen and oxygen atoms in total. The molecule has 0 fully saturated rings. The first-order valence-corrected chi connectivity index (χ1v) is 8.24. The van der Waals surface area contributed by atoms with Gasteiger partial charge in [0.05, 0.1) is 0 Å². The Hall–Kier alpha value is -1.74. The lowest BCUT2D eigenvalue weighted by molar-refractivity contribution is -0.154. The van der Waals surface area contributed by atoms with Crippen LogP contribution in [0.25, 0.3) is 0 Å². The minimum absolute atomic E-state index is 0.204. The fourth-order valence-corrected chi connectivity index (χ4v) is 2.99. The molecule has 0 radical (unpaired) electrons. The molecule has 1 unspecified atom stereocenters. The van der Waals surface area contributed by atoms with Crippen molar-refractivity contribution in [3.63, 3.8) is 0 Å². The number of hydrogen-bond donors (Lipinski definition) is 0. The molecule has 2 rings (SSSR count). The molecular weight excluding hydrogens is 292 g/mol. The second-order valence-electron chi connectivity index (χ2n) is 6.26. The molecule has 0 N–H and O–H groups in total. The molecule has 0 saturated carbocycles. The van der Waals surface area contributed by atoms with E-state index in [1.165, 1.54) is 17.3 Å². The Morgan fingerprint density at radius 2 is 1.59 bits per heavy atom. The van der Waals surface area contributed by atoms with Crippen LogP contribution in [-0.4, -0.2) is 11.6 Å². The minimum Gasteiger partial charge on any atom is -0.459 e. The smallest absolute Gasteiger partial charge is 0.324 e. The molecular formula is C19H22O2S. The van der Waals surface area contributed by atoms with Gasteiger partial charge in [-0.1, -0.05) is 48.0 Å². The summed E-state index contributed by atoms with van der Waals surface area (Å²) < 4.78 is 5.59. The largest absolute Gasteiger partial charge is 0.459 e. The summed E-state index contributed by atoms with van der Waals surface area (Å²) in [5.41, 5.74) is 1.68. The molecule has 0 bridgehead atoms. The quantitative estimate of drug-likeness (QED) is 0.575. The predicted molar refractivity (Wildman–Crippen MR) is 92.1 cm³/mol. The molecule has 0 saturated heterocycles. The summed E-state index contributed by atoms with van der Waals surface area (Å²) in [7, 11) is 0. The van der Waals surface area contributed by atoms with Gasteiger partial charge in [-0.3, -0.25) is 4.79 Å². The van der Waals surface area contributed by atoms with Gasteiger partial charge in [0, 0.05) is 4.90 Å². The summed E-state index contributed by atoms with van der Waals surface area (Å²) in [6, 6.07) is 18.0. The lowest BCUT2D eigenvalue weighted by Crippen LogP contribution is -2.26. The van der Waals surface area contributed by atoms with Gasteiger partial charge in [-0.2, -0.15) is 0 Å². The normalized spacial score (nSPS) is 12.7. The molecule has 0 aliphatic rings. The topological polar surface area (TPSA) is 26.3 Å². The lowest BCUT2D eigenvalue weighted by Gasteiger charge is -2.24. The van der Waals surface area contributed by atoms with Crippen LogP contribution in [0.1, 0.15) is 37.1 Å². The molecule has 0 aromatic heterocycles. The number of carbonyl (C=O) groups is 1. The molecule has 0 amide bonds. The highest BCUT2D eigenvalue weighted by molar-refractivity contribution is 8.00. The Morgan fingerprint density at radius 3 is 2.14 bits per heavy atom. The van der Waals surface area contributed by atoms with Crippen LogP contribution >= 0.6 is 11.8 Å². The highest BCUT2D eigenvalue weighted by Crippen LogP contribution is 2.37. The summed E-state index contributed by atoms with van der Waals surface area (Å²) in [6.45, 7) is 7.73. The molecule has 3 heteroatoms. The average molecular weight is 314 g/mol. The Morgan fingerprint density at radius 1 is 1.00 bits per heavy atom. The van der Waals surface area contributed by atoms with E-state index in [-0.39, 0.29) is 11.2 Å². The third-order valence-electron chi connectivity index (χ3n) is 3.00. The van der Waals surface area contributed by atoms with Gasteiger partial charge in [-0.25, -0.2) is 0 Å². The van der Waals surface area contributed by atoms with E-state index < -0.39 is 5.60 Å². The molecule has 1 atom stereocenters. The van der Waals surface area contributed by atoms with Crippen LogP contribution in [0.15, 0.2) is 59.5 Å². The van der Waals surface area contributed by atoms with Crippen molar-refractivity contribution in [2.24, 2.45) is 0 Å². The van der Waals surface area contributed by atoms with Gasteiger partial charge in [0.2, 0.25) is 0 Å².